The van der Waals surface area contributed by atoms with Gasteiger partial charge in [0.15, 0.2) is 5.11 Å². The topological polar surface area (TPSA) is 106 Å². The highest BCUT2D eigenvalue weighted by molar-refractivity contribution is 7.80. The van der Waals surface area contributed by atoms with Gasteiger partial charge in [-0.05, 0) is 68.0 Å². The van der Waals surface area contributed by atoms with E-state index in [1.165, 1.54) is 19.2 Å². The number of ether oxygens (including phenoxy) is 1. The zero-order valence-corrected chi connectivity index (χ0v) is 21.3. The molecule has 0 aliphatic carbocycles. The number of nitro benzene ring substituents is 1. The standard InChI is InChI=1S/C27H25N5O4S/c1-16-14-19(17(2)30(16)22-12-11-18(32(34)35)15-24(22)36-3)26-25(20-8-6-7-13-28-20)29-27(37)31(26)21-9-4-5-10-23(21)33/h4-15,25-26,33H,1-3H3,(H,29,37). The van der Waals surface area contributed by atoms with Gasteiger partial charge in [0.25, 0.3) is 5.69 Å². The van der Waals surface area contributed by atoms with Crippen molar-refractivity contribution >= 4 is 28.7 Å². The van der Waals surface area contributed by atoms with E-state index in [1.54, 1.807) is 24.4 Å². The molecule has 188 valence electrons. The number of non-ortho nitro benzene ring substituents is 1. The van der Waals surface area contributed by atoms with Crippen LogP contribution in [0.5, 0.6) is 11.5 Å². The van der Waals surface area contributed by atoms with Gasteiger partial charge in [0.2, 0.25) is 0 Å². The third kappa shape index (κ3) is 4.15. The van der Waals surface area contributed by atoms with Crippen LogP contribution in [0.3, 0.4) is 0 Å². The van der Waals surface area contributed by atoms with Gasteiger partial charge < -0.3 is 24.6 Å². The summed E-state index contributed by atoms with van der Waals surface area (Å²) in [7, 11) is 1.49. The van der Waals surface area contributed by atoms with Gasteiger partial charge in [-0.15, -0.1) is 0 Å². The highest BCUT2D eigenvalue weighted by atomic mass is 32.1. The summed E-state index contributed by atoms with van der Waals surface area (Å²) in [5, 5.41) is 25.9. The number of anilines is 1. The summed E-state index contributed by atoms with van der Waals surface area (Å²) in [4.78, 5) is 17.4. The smallest absolute Gasteiger partial charge is 0.273 e. The maximum absolute atomic E-state index is 11.3. The Morgan fingerprint density at radius 1 is 1.08 bits per heavy atom. The van der Waals surface area contributed by atoms with E-state index in [2.05, 4.69) is 16.4 Å². The molecule has 10 heteroatoms. The summed E-state index contributed by atoms with van der Waals surface area (Å²) < 4.78 is 7.55. The number of phenols is 1. The summed E-state index contributed by atoms with van der Waals surface area (Å²) in [5.41, 5.74) is 4.81. The van der Waals surface area contributed by atoms with Crippen molar-refractivity contribution in [2.75, 3.05) is 12.0 Å². The summed E-state index contributed by atoms with van der Waals surface area (Å²) in [6.07, 6.45) is 1.74. The number of nitrogens with one attached hydrogen (secondary N) is 1. The van der Waals surface area contributed by atoms with Crippen LogP contribution in [0.15, 0.2) is 72.9 Å². The first-order valence-electron chi connectivity index (χ1n) is 11.6. The number of para-hydroxylation sites is 2. The maximum Gasteiger partial charge on any atom is 0.273 e. The van der Waals surface area contributed by atoms with Crippen molar-refractivity contribution in [3.8, 4) is 17.2 Å². The molecule has 0 amide bonds. The Morgan fingerprint density at radius 3 is 2.51 bits per heavy atom. The number of nitrogens with zero attached hydrogens (tertiary/aromatic N) is 4. The van der Waals surface area contributed by atoms with E-state index < -0.39 is 4.92 Å². The molecule has 5 rings (SSSR count). The Hall–Kier alpha value is -4.44. The molecule has 4 aromatic rings. The van der Waals surface area contributed by atoms with Gasteiger partial charge in [-0.3, -0.25) is 15.1 Å². The number of aryl methyl sites for hydroxylation is 1. The monoisotopic (exact) mass is 515 g/mol. The Morgan fingerprint density at radius 2 is 1.84 bits per heavy atom. The van der Waals surface area contributed by atoms with Crippen LogP contribution in [0, 0.1) is 24.0 Å². The van der Waals surface area contributed by atoms with E-state index in [4.69, 9.17) is 17.0 Å². The van der Waals surface area contributed by atoms with Gasteiger partial charge in [0, 0.05) is 23.7 Å². The van der Waals surface area contributed by atoms with Crippen molar-refractivity contribution in [1.29, 1.82) is 0 Å². The van der Waals surface area contributed by atoms with Crippen LogP contribution in [0.1, 0.15) is 34.7 Å². The number of rotatable bonds is 6. The molecule has 0 spiro atoms. The third-order valence-electron chi connectivity index (χ3n) is 6.64. The van der Waals surface area contributed by atoms with Gasteiger partial charge in [0.05, 0.1) is 47.3 Å². The highest BCUT2D eigenvalue weighted by Crippen LogP contribution is 2.46. The Labute approximate surface area is 219 Å². The second-order valence-electron chi connectivity index (χ2n) is 8.76. The van der Waals surface area contributed by atoms with Crippen molar-refractivity contribution in [2.24, 2.45) is 0 Å². The zero-order chi connectivity index (χ0) is 26.3. The number of aromatic nitrogens is 2. The Kier molecular flexibility index (Phi) is 6.26. The summed E-state index contributed by atoms with van der Waals surface area (Å²) in [6, 6.07) is 18.8. The molecule has 3 heterocycles. The van der Waals surface area contributed by atoms with Crippen LogP contribution in [0.25, 0.3) is 5.69 Å². The number of nitro groups is 1. The van der Waals surface area contributed by atoms with Crippen LogP contribution >= 0.6 is 12.2 Å². The number of hydrogen-bond acceptors (Lipinski definition) is 6. The molecule has 0 radical (unpaired) electrons. The fourth-order valence-corrected chi connectivity index (χ4v) is 5.36. The Balaban J connectivity index is 1.70. The number of pyridine rings is 1. The molecule has 1 aliphatic rings. The summed E-state index contributed by atoms with van der Waals surface area (Å²) >= 11 is 5.78. The molecule has 37 heavy (non-hydrogen) atoms. The fourth-order valence-electron chi connectivity index (χ4n) is 5.02. The highest BCUT2D eigenvalue weighted by Gasteiger charge is 2.43. The summed E-state index contributed by atoms with van der Waals surface area (Å²) in [6.45, 7) is 3.96. The van der Waals surface area contributed by atoms with Crippen LogP contribution < -0.4 is 15.0 Å². The van der Waals surface area contributed by atoms with Crippen LogP contribution in [-0.2, 0) is 0 Å². The van der Waals surface area contributed by atoms with Gasteiger partial charge >= 0.3 is 0 Å². The van der Waals surface area contributed by atoms with E-state index in [-0.39, 0.29) is 23.5 Å². The van der Waals surface area contributed by atoms with Crippen LogP contribution in [-0.4, -0.2) is 31.8 Å². The zero-order valence-electron chi connectivity index (χ0n) is 20.5. The van der Waals surface area contributed by atoms with Crippen molar-refractivity contribution < 1.29 is 14.8 Å². The van der Waals surface area contributed by atoms with E-state index in [0.717, 1.165) is 22.6 Å². The number of methoxy groups -OCH3 is 1. The van der Waals surface area contributed by atoms with Crippen molar-refractivity contribution in [1.82, 2.24) is 14.9 Å². The normalized spacial score (nSPS) is 17.1. The number of hydrogen-bond donors (Lipinski definition) is 2. The second-order valence-corrected chi connectivity index (χ2v) is 9.15. The van der Waals surface area contributed by atoms with Gasteiger partial charge in [0.1, 0.15) is 11.5 Å². The van der Waals surface area contributed by atoms with E-state index in [9.17, 15) is 15.2 Å². The SMILES string of the molecule is COc1cc([N+](=O)[O-])ccc1-n1c(C)cc(C2C(c3ccccn3)NC(=S)N2c2ccccc2O)c1C. The molecule has 2 aromatic carbocycles. The molecule has 9 nitrogen and oxygen atoms in total. The molecule has 2 unspecified atom stereocenters. The van der Waals surface area contributed by atoms with E-state index >= 15 is 0 Å². The minimum Gasteiger partial charge on any atom is -0.506 e. The number of benzene rings is 2. The Bertz CT molecular complexity index is 1500. The largest absolute Gasteiger partial charge is 0.506 e. The number of thiocarbonyl (C=S) groups is 1. The molecular formula is C27H25N5O4S. The lowest BCUT2D eigenvalue weighted by atomic mass is 9.96. The minimum absolute atomic E-state index is 0.0467. The molecule has 1 saturated heterocycles. The van der Waals surface area contributed by atoms with Gasteiger partial charge in [-0.25, -0.2) is 0 Å². The number of aromatic hydroxyl groups is 1. The molecule has 2 atom stereocenters. The van der Waals surface area contributed by atoms with E-state index in [0.29, 0.717) is 22.2 Å². The predicted octanol–water partition coefficient (Wildman–Crippen LogP) is 5.29. The first-order valence-corrected chi connectivity index (χ1v) is 12.0. The van der Waals surface area contributed by atoms with E-state index in [1.807, 2.05) is 53.6 Å². The maximum atomic E-state index is 11.3. The molecule has 0 bridgehead atoms. The quantitative estimate of drug-likeness (QED) is 0.203. The lowest BCUT2D eigenvalue weighted by Gasteiger charge is -2.28. The molecule has 2 aromatic heterocycles. The molecule has 1 aliphatic heterocycles. The fraction of sp³-hybridized carbons (Fsp3) is 0.185. The lowest BCUT2D eigenvalue weighted by Crippen LogP contribution is -2.29. The van der Waals surface area contributed by atoms with Crippen LogP contribution in [0.2, 0.25) is 0 Å². The molecule has 2 N–H and O–H groups in total. The summed E-state index contributed by atoms with van der Waals surface area (Å²) in [5.74, 6) is 0.505. The first-order chi connectivity index (χ1) is 17.8. The lowest BCUT2D eigenvalue weighted by molar-refractivity contribution is -0.384. The number of phenolic OH excluding ortho intramolecular Hbond substituents is 1. The molecule has 0 saturated carbocycles. The second kappa shape index (κ2) is 9.55. The average molecular weight is 516 g/mol. The van der Waals surface area contributed by atoms with Crippen molar-refractivity contribution in [2.45, 2.75) is 25.9 Å². The predicted molar refractivity (Wildman–Crippen MR) is 144 cm³/mol. The average Bonchev–Trinajstić information content (AvgIpc) is 3.39. The van der Waals surface area contributed by atoms with Gasteiger partial charge in [-0.1, -0.05) is 18.2 Å². The first kappa shape index (κ1) is 24.3. The van der Waals surface area contributed by atoms with Crippen LogP contribution in [0.4, 0.5) is 11.4 Å². The van der Waals surface area contributed by atoms with Crippen molar-refractivity contribution in [3.63, 3.8) is 0 Å². The molecule has 1 fully saturated rings. The minimum atomic E-state index is -0.445. The third-order valence-corrected chi connectivity index (χ3v) is 6.96. The van der Waals surface area contributed by atoms with Crippen molar-refractivity contribution in [3.05, 3.63) is 106 Å². The molecular weight excluding hydrogens is 490 g/mol. The van der Waals surface area contributed by atoms with Gasteiger partial charge in [-0.2, -0.15) is 0 Å².